The fraction of sp³-hybridized carbons (Fsp3) is 0.478. The molecule has 4 rings (SSSR count). The van der Waals surface area contributed by atoms with Gasteiger partial charge in [-0.15, -0.1) is 0 Å². The smallest absolute Gasteiger partial charge is 0.417 e. The van der Waals surface area contributed by atoms with E-state index in [9.17, 15) is 23.1 Å². The molecule has 1 aliphatic rings. The van der Waals surface area contributed by atoms with Gasteiger partial charge in [-0.05, 0) is 50.7 Å². The number of benzene rings is 1. The van der Waals surface area contributed by atoms with Crippen LogP contribution in [0, 0.1) is 12.8 Å². The third kappa shape index (κ3) is 5.67. The Morgan fingerprint density at radius 2 is 2.09 bits per heavy atom. The molecular formula is C23H25F3N2O4S. The molecule has 1 aliphatic carbocycles. The second-order valence-electron chi connectivity index (χ2n) is 8.36. The molecule has 0 spiro atoms. The summed E-state index contributed by atoms with van der Waals surface area (Å²) in [6, 6.07) is 5.22. The van der Waals surface area contributed by atoms with E-state index >= 15 is 0 Å². The molecule has 2 unspecified atom stereocenters. The molecule has 0 radical (unpaired) electrons. The highest BCUT2D eigenvalue weighted by atomic mass is 32.1. The maximum Gasteiger partial charge on any atom is 0.417 e. The Labute approximate surface area is 192 Å². The van der Waals surface area contributed by atoms with Gasteiger partial charge < -0.3 is 14.3 Å². The van der Waals surface area contributed by atoms with Crippen molar-refractivity contribution >= 4 is 11.3 Å². The van der Waals surface area contributed by atoms with E-state index in [-0.39, 0.29) is 34.9 Å². The SMILES string of the molecule is Cc1oc(-c2ccccc2C(F)(F)F)nc1COC1CCCC(CCc2sc(=O)[nH]c2O)C1. The van der Waals surface area contributed by atoms with Gasteiger partial charge in [-0.1, -0.05) is 36.3 Å². The van der Waals surface area contributed by atoms with Gasteiger partial charge in [-0.2, -0.15) is 13.2 Å². The van der Waals surface area contributed by atoms with E-state index in [4.69, 9.17) is 9.15 Å². The number of nitrogens with one attached hydrogen (secondary N) is 1. The van der Waals surface area contributed by atoms with Crippen molar-refractivity contribution in [1.29, 1.82) is 0 Å². The van der Waals surface area contributed by atoms with Crippen molar-refractivity contribution in [3.8, 4) is 17.3 Å². The van der Waals surface area contributed by atoms with Gasteiger partial charge in [0, 0.05) is 5.56 Å². The van der Waals surface area contributed by atoms with E-state index in [1.54, 1.807) is 6.92 Å². The van der Waals surface area contributed by atoms with Crippen molar-refractivity contribution in [3.05, 3.63) is 55.8 Å². The highest BCUT2D eigenvalue weighted by molar-refractivity contribution is 7.09. The van der Waals surface area contributed by atoms with Crippen LogP contribution in [0.25, 0.3) is 11.5 Å². The number of aromatic amines is 1. The second kappa shape index (κ2) is 9.72. The minimum atomic E-state index is -4.50. The number of hydrogen-bond acceptors (Lipinski definition) is 6. The number of nitrogens with zero attached hydrogens (tertiary/aromatic N) is 1. The molecule has 2 heterocycles. The summed E-state index contributed by atoms with van der Waals surface area (Å²) >= 11 is 1.03. The summed E-state index contributed by atoms with van der Waals surface area (Å²) in [6.45, 7) is 1.84. The fourth-order valence-corrected chi connectivity index (χ4v) is 5.04. The average molecular weight is 483 g/mol. The van der Waals surface area contributed by atoms with Crippen LogP contribution in [0.3, 0.4) is 0 Å². The summed E-state index contributed by atoms with van der Waals surface area (Å²) in [7, 11) is 0. The van der Waals surface area contributed by atoms with Gasteiger partial charge in [0.1, 0.15) is 11.5 Å². The zero-order valence-corrected chi connectivity index (χ0v) is 18.9. The zero-order chi connectivity index (χ0) is 23.6. The van der Waals surface area contributed by atoms with Crippen molar-refractivity contribution in [2.45, 2.75) is 64.3 Å². The summed E-state index contributed by atoms with van der Waals surface area (Å²) in [5, 5.41) is 9.75. The van der Waals surface area contributed by atoms with Gasteiger partial charge in [0.25, 0.3) is 0 Å². The van der Waals surface area contributed by atoms with Crippen molar-refractivity contribution in [2.75, 3.05) is 0 Å². The van der Waals surface area contributed by atoms with Gasteiger partial charge in [-0.3, -0.25) is 9.78 Å². The fourth-order valence-electron chi connectivity index (χ4n) is 4.30. The first-order valence-electron chi connectivity index (χ1n) is 10.9. The van der Waals surface area contributed by atoms with Crippen LogP contribution < -0.4 is 4.87 Å². The summed E-state index contributed by atoms with van der Waals surface area (Å²) in [5.41, 5.74) is -0.383. The molecular weight excluding hydrogens is 457 g/mol. The first-order chi connectivity index (χ1) is 15.7. The van der Waals surface area contributed by atoms with Gasteiger partial charge >= 0.3 is 11.0 Å². The maximum atomic E-state index is 13.3. The lowest BCUT2D eigenvalue weighted by Gasteiger charge is -2.29. The molecule has 0 saturated heterocycles. The standard InChI is InChI=1S/C23H25F3N2O4S/c1-13-18(27-21(32-13)16-7-2-3-8-17(16)23(24,25)26)12-31-15-6-4-5-14(11-15)9-10-19-20(29)28-22(30)33-19/h2-3,7-8,14-15,29H,4-6,9-12H2,1H3,(H,28,30). The Balaban J connectivity index is 1.36. The Morgan fingerprint density at radius 3 is 2.82 bits per heavy atom. The molecule has 178 valence electrons. The van der Waals surface area contributed by atoms with E-state index in [1.807, 2.05) is 0 Å². The van der Waals surface area contributed by atoms with Crippen LogP contribution in [0.1, 0.15) is 54.0 Å². The lowest BCUT2D eigenvalue weighted by molar-refractivity contribution is -0.137. The highest BCUT2D eigenvalue weighted by Gasteiger charge is 2.35. The molecule has 2 aromatic heterocycles. The molecule has 1 saturated carbocycles. The largest absolute Gasteiger partial charge is 0.494 e. The van der Waals surface area contributed by atoms with Crippen molar-refractivity contribution in [1.82, 2.24) is 9.97 Å². The van der Waals surface area contributed by atoms with Crippen LogP contribution in [-0.4, -0.2) is 21.2 Å². The predicted octanol–water partition coefficient (Wildman–Crippen LogP) is 5.83. The number of aryl methyl sites for hydroxylation is 2. The topological polar surface area (TPSA) is 88.4 Å². The molecule has 1 fully saturated rings. The molecule has 33 heavy (non-hydrogen) atoms. The monoisotopic (exact) mass is 482 g/mol. The minimum Gasteiger partial charge on any atom is -0.494 e. The summed E-state index contributed by atoms with van der Waals surface area (Å²) in [6.07, 6.45) is 0.818. The first kappa shape index (κ1) is 23.6. The molecule has 0 bridgehead atoms. The van der Waals surface area contributed by atoms with Gasteiger partial charge in [0.05, 0.1) is 23.2 Å². The lowest BCUT2D eigenvalue weighted by atomic mass is 9.84. The number of hydrogen-bond donors (Lipinski definition) is 2. The number of ether oxygens (including phenoxy) is 1. The first-order valence-corrected chi connectivity index (χ1v) is 11.7. The molecule has 10 heteroatoms. The highest BCUT2D eigenvalue weighted by Crippen LogP contribution is 2.37. The predicted molar refractivity (Wildman–Crippen MR) is 117 cm³/mol. The number of aromatic nitrogens is 2. The molecule has 2 atom stereocenters. The zero-order valence-electron chi connectivity index (χ0n) is 18.1. The van der Waals surface area contributed by atoms with Crippen LogP contribution in [-0.2, 0) is 23.9 Å². The van der Waals surface area contributed by atoms with Crippen LogP contribution in [0.5, 0.6) is 5.88 Å². The Bertz CT molecular complexity index is 1150. The number of halogens is 3. The number of oxazole rings is 1. The van der Waals surface area contributed by atoms with E-state index < -0.39 is 11.7 Å². The van der Waals surface area contributed by atoms with Gasteiger partial charge in [-0.25, -0.2) is 4.98 Å². The summed E-state index contributed by atoms with van der Waals surface area (Å²) < 4.78 is 51.6. The van der Waals surface area contributed by atoms with Crippen LogP contribution >= 0.6 is 11.3 Å². The second-order valence-corrected chi connectivity index (χ2v) is 9.42. The van der Waals surface area contributed by atoms with E-state index in [2.05, 4.69) is 9.97 Å². The quantitative estimate of drug-likeness (QED) is 0.442. The van der Waals surface area contributed by atoms with Crippen molar-refractivity contribution < 1.29 is 27.4 Å². The summed E-state index contributed by atoms with van der Waals surface area (Å²) in [5.74, 6) is 0.740. The van der Waals surface area contributed by atoms with E-state index in [0.717, 1.165) is 49.5 Å². The summed E-state index contributed by atoms with van der Waals surface area (Å²) in [4.78, 5) is 18.4. The lowest BCUT2D eigenvalue weighted by Crippen LogP contribution is -2.23. The van der Waals surface area contributed by atoms with Crippen LogP contribution in [0.15, 0.2) is 33.5 Å². The van der Waals surface area contributed by atoms with Crippen LogP contribution in [0.4, 0.5) is 13.2 Å². The Hall–Kier alpha value is -2.59. The third-order valence-electron chi connectivity index (χ3n) is 6.03. The number of thiazole rings is 1. The van der Waals surface area contributed by atoms with Crippen molar-refractivity contribution in [2.24, 2.45) is 5.92 Å². The van der Waals surface area contributed by atoms with E-state index in [1.165, 1.54) is 18.2 Å². The molecule has 2 N–H and O–H groups in total. The maximum absolute atomic E-state index is 13.3. The number of rotatable bonds is 7. The van der Waals surface area contributed by atoms with Crippen LogP contribution in [0.2, 0.25) is 0 Å². The number of H-pyrrole nitrogens is 1. The van der Waals surface area contributed by atoms with E-state index in [0.29, 0.717) is 28.7 Å². The normalized spacial score (nSPS) is 19.2. The molecule has 0 aliphatic heterocycles. The minimum absolute atomic E-state index is 0.0179. The third-order valence-corrected chi connectivity index (χ3v) is 6.96. The average Bonchev–Trinajstić information content (AvgIpc) is 3.31. The van der Waals surface area contributed by atoms with Crippen molar-refractivity contribution in [3.63, 3.8) is 0 Å². The van der Waals surface area contributed by atoms with Gasteiger partial charge in [0.15, 0.2) is 0 Å². The Morgan fingerprint density at radius 1 is 1.30 bits per heavy atom. The van der Waals surface area contributed by atoms with Gasteiger partial charge in [0.2, 0.25) is 11.8 Å². The number of aromatic hydroxyl groups is 1. The molecule has 0 amide bonds. The molecule has 6 nitrogen and oxygen atoms in total. The molecule has 1 aromatic carbocycles. The molecule has 3 aromatic rings. The number of alkyl halides is 3. The Kier molecular flexibility index (Phi) is 6.94.